The summed E-state index contributed by atoms with van der Waals surface area (Å²) in [5.74, 6) is -0.718. The van der Waals surface area contributed by atoms with E-state index in [1.165, 1.54) is 12.5 Å². The first-order valence-electron chi connectivity index (χ1n) is 7.66. The van der Waals surface area contributed by atoms with Crippen molar-refractivity contribution in [2.45, 2.75) is 32.1 Å². The van der Waals surface area contributed by atoms with Gasteiger partial charge >= 0.3 is 5.97 Å². The Bertz CT molecular complexity index is 570. The average Bonchev–Trinajstić information content (AvgIpc) is 2.52. The van der Waals surface area contributed by atoms with Crippen LogP contribution in [0.25, 0.3) is 0 Å². The summed E-state index contributed by atoms with van der Waals surface area (Å²) in [5, 5.41) is 8.82. The number of likely N-dealkylation sites (tertiary alicyclic amines) is 1. The van der Waals surface area contributed by atoms with Gasteiger partial charge in [0.2, 0.25) is 0 Å². The molecule has 1 saturated heterocycles. The van der Waals surface area contributed by atoms with Crippen LogP contribution < -0.4 is 0 Å². The monoisotopic (exact) mass is 300 g/mol. The van der Waals surface area contributed by atoms with Gasteiger partial charge in [-0.25, -0.2) is 4.79 Å². The Morgan fingerprint density at radius 2 is 1.82 bits per heavy atom. The number of carbonyl (C=O) groups excluding carboxylic acids is 2. The number of rotatable bonds is 3. The molecular formula is C17H20N2O3. The molecule has 1 aromatic carbocycles. The molecule has 1 fully saturated rings. The van der Waals surface area contributed by atoms with Gasteiger partial charge in [-0.2, -0.15) is 5.26 Å². The van der Waals surface area contributed by atoms with Crippen LogP contribution in [0.5, 0.6) is 0 Å². The molecule has 0 aromatic heterocycles. The molecule has 0 bridgehead atoms. The van der Waals surface area contributed by atoms with Crippen molar-refractivity contribution in [2.75, 3.05) is 19.7 Å². The van der Waals surface area contributed by atoms with Gasteiger partial charge in [-0.3, -0.25) is 4.79 Å². The van der Waals surface area contributed by atoms with E-state index in [4.69, 9.17) is 10.00 Å². The van der Waals surface area contributed by atoms with Crippen molar-refractivity contribution in [3.63, 3.8) is 0 Å². The van der Waals surface area contributed by atoms with Crippen LogP contribution in [0, 0.1) is 11.3 Å². The molecule has 0 N–H and O–H groups in total. The van der Waals surface area contributed by atoms with Gasteiger partial charge in [0.25, 0.3) is 5.91 Å². The summed E-state index contributed by atoms with van der Waals surface area (Å²) in [6.07, 6.45) is 5.52. The second kappa shape index (κ2) is 8.18. The van der Waals surface area contributed by atoms with Gasteiger partial charge in [0, 0.05) is 13.1 Å². The van der Waals surface area contributed by atoms with Gasteiger partial charge in [-0.1, -0.05) is 25.3 Å². The first-order chi connectivity index (χ1) is 10.7. The number of nitrogens with zero attached hydrogens (tertiary/aromatic N) is 2. The maximum atomic E-state index is 12.1. The summed E-state index contributed by atoms with van der Waals surface area (Å²) < 4.78 is 5.08. The average molecular weight is 300 g/mol. The third kappa shape index (κ3) is 4.59. The van der Waals surface area contributed by atoms with E-state index in [0.29, 0.717) is 11.1 Å². The van der Waals surface area contributed by atoms with Gasteiger partial charge in [-0.15, -0.1) is 0 Å². The number of hydrogen-bond acceptors (Lipinski definition) is 4. The van der Waals surface area contributed by atoms with E-state index in [1.54, 1.807) is 23.1 Å². The van der Waals surface area contributed by atoms with E-state index in [2.05, 4.69) is 0 Å². The van der Waals surface area contributed by atoms with Crippen LogP contribution >= 0.6 is 0 Å². The smallest absolute Gasteiger partial charge is 0.338 e. The van der Waals surface area contributed by atoms with Crippen molar-refractivity contribution >= 4 is 11.9 Å². The molecule has 1 heterocycles. The fraction of sp³-hybridized carbons (Fsp3) is 0.471. The molecule has 5 nitrogen and oxygen atoms in total. The molecular weight excluding hydrogens is 280 g/mol. The minimum absolute atomic E-state index is 0.147. The summed E-state index contributed by atoms with van der Waals surface area (Å²) >= 11 is 0. The van der Waals surface area contributed by atoms with Crippen LogP contribution in [-0.2, 0) is 9.53 Å². The van der Waals surface area contributed by atoms with Crippen LogP contribution in [0.3, 0.4) is 0 Å². The van der Waals surface area contributed by atoms with Gasteiger partial charge in [0.1, 0.15) is 0 Å². The van der Waals surface area contributed by atoms with E-state index in [-0.39, 0.29) is 12.5 Å². The molecule has 0 aliphatic carbocycles. The first kappa shape index (κ1) is 16.0. The van der Waals surface area contributed by atoms with Crippen molar-refractivity contribution < 1.29 is 14.3 Å². The quantitative estimate of drug-likeness (QED) is 0.804. The van der Waals surface area contributed by atoms with Crippen LogP contribution in [0.1, 0.15) is 48.0 Å². The molecule has 2 rings (SSSR count). The Kier molecular flexibility index (Phi) is 5.96. The SMILES string of the molecule is N#Cc1cccc(C(=O)OCC(=O)N2CCCCCCC2)c1. The Morgan fingerprint density at radius 3 is 2.50 bits per heavy atom. The summed E-state index contributed by atoms with van der Waals surface area (Å²) in [6.45, 7) is 1.23. The number of benzene rings is 1. The van der Waals surface area contributed by atoms with E-state index in [1.807, 2.05) is 6.07 Å². The fourth-order valence-corrected chi connectivity index (χ4v) is 2.51. The highest BCUT2D eigenvalue weighted by atomic mass is 16.5. The predicted molar refractivity (Wildman–Crippen MR) is 81.1 cm³/mol. The molecule has 1 aromatic rings. The maximum Gasteiger partial charge on any atom is 0.338 e. The lowest BCUT2D eigenvalue weighted by molar-refractivity contribution is -0.134. The van der Waals surface area contributed by atoms with Crippen LogP contribution in [0.15, 0.2) is 24.3 Å². The second-order valence-electron chi connectivity index (χ2n) is 5.42. The Hall–Kier alpha value is -2.35. The number of carbonyl (C=O) groups is 2. The molecule has 1 aliphatic rings. The van der Waals surface area contributed by atoms with Crippen LogP contribution in [-0.4, -0.2) is 36.5 Å². The molecule has 0 unspecified atom stereocenters. The summed E-state index contributed by atoms with van der Waals surface area (Å²) in [4.78, 5) is 25.8. The minimum atomic E-state index is -0.572. The predicted octanol–water partition coefficient (Wildman–Crippen LogP) is 2.51. The second-order valence-corrected chi connectivity index (χ2v) is 5.42. The Morgan fingerprint density at radius 1 is 1.14 bits per heavy atom. The summed E-state index contributed by atoms with van der Waals surface area (Å²) in [6, 6.07) is 8.24. The highest BCUT2D eigenvalue weighted by Gasteiger charge is 2.17. The number of esters is 1. The summed E-state index contributed by atoms with van der Waals surface area (Å²) in [7, 11) is 0. The van der Waals surface area contributed by atoms with Crippen LogP contribution in [0.4, 0.5) is 0 Å². The first-order valence-corrected chi connectivity index (χ1v) is 7.66. The zero-order valence-corrected chi connectivity index (χ0v) is 12.6. The lowest BCUT2D eigenvalue weighted by Gasteiger charge is -2.24. The Balaban J connectivity index is 1.86. The van der Waals surface area contributed by atoms with Gasteiger partial charge < -0.3 is 9.64 Å². The number of amides is 1. The van der Waals surface area contributed by atoms with Crippen molar-refractivity contribution in [3.05, 3.63) is 35.4 Å². The lowest BCUT2D eigenvalue weighted by Crippen LogP contribution is -2.36. The van der Waals surface area contributed by atoms with Crippen molar-refractivity contribution in [1.82, 2.24) is 4.90 Å². The molecule has 1 amide bonds. The maximum absolute atomic E-state index is 12.1. The molecule has 0 saturated carbocycles. The standard InChI is InChI=1S/C17H20N2O3/c18-12-14-7-6-8-15(11-14)17(21)22-13-16(20)19-9-4-2-1-3-5-10-19/h6-8,11H,1-5,9-10,13H2. The molecule has 1 aliphatic heterocycles. The number of ether oxygens (including phenoxy) is 1. The number of hydrogen-bond donors (Lipinski definition) is 0. The Labute approximate surface area is 130 Å². The molecule has 22 heavy (non-hydrogen) atoms. The molecule has 5 heteroatoms. The molecule has 0 atom stereocenters. The van der Waals surface area contributed by atoms with E-state index < -0.39 is 5.97 Å². The largest absolute Gasteiger partial charge is 0.452 e. The van der Waals surface area contributed by atoms with Gasteiger partial charge in [0.15, 0.2) is 6.61 Å². The highest BCUT2D eigenvalue weighted by Crippen LogP contribution is 2.11. The minimum Gasteiger partial charge on any atom is -0.452 e. The molecule has 0 radical (unpaired) electrons. The van der Waals surface area contributed by atoms with Gasteiger partial charge in [-0.05, 0) is 31.0 Å². The zero-order chi connectivity index (χ0) is 15.8. The highest BCUT2D eigenvalue weighted by molar-refractivity contribution is 5.91. The lowest BCUT2D eigenvalue weighted by atomic mass is 10.1. The summed E-state index contributed by atoms with van der Waals surface area (Å²) in [5.41, 5.74) is 0.684. The van der Waals surface area contributed by atoms with Crippen LogP contribution in [0.2, 0.25) is 0 Å². The topological polar surface area (TPSA) is 70.4 Å². The number of nitriles is 1. The van der Waals surface area contributed by atoms with Crippen molar-refractivity contribution in [1.29, 1.82) is 5.26 Å². The van der Waals surface area contributed by atoms with E-state index in [9.17, 15) is 9.59 Å². The van der Waals surface area contributed by atoms with Crippen molar-refractivity contribution in [2.24, 2.45) is 0 Å². The third-order valence-corrected chi connectivity index (χ3v) is 3.76. The van der Waals surface area contributed by atoms with Gasteiger partial charge in [0.05, 0.1) is 17.2 Å². The normalized spacial score (nSPS) is 15.3. The molecule has 0 spiro atoms. The third-order valence-electron chi connectivity index (χ3n) is 3.76. The van der Waals surface area contributed by atoms with E-state index >= 15 is 0 Å². The zero-order valence-electron chi connectivity index (χ0n) is 12.6. The van der Waals surface area contributed by atoms with Crippen molar-refractivity contribution in [3.8, 4) is 6.07 Å². The fourth-order valence-electron chi connectivity index (χ4n) is 2.51. The molecule has 116 valence electrons. The van der Waals surface area contributed by atoms with E-state index in [0.717, 1.165) is 38.8 Å².